The number of ether oxygens (including phenoxy) is 4. The Morgan fingerprint density at radius 1 is 0.899 bits per heavy atom. The molecule has 3 aliphatic rings. The quantitative estimate of drug-likeness (QED) is 0.105. The highest BCUT2D eigenvalue weighted by atomic mass is 32.2. The molecule has 0 bridgehead atoms. The van der Waals surface area contributed by atoms with E-state index in [1.165, 1.54) is 18.9 Å². The Bertz CT molecular complexity index is 1910. The number of rotatable bonds is 12. The van der Waals surface area contributed by atoms with E-state index in [0.29, 0.717) is 81.8 Å². The van der Waals surface area contributed by atoms with Crippen molar-refractivity contribution in [1.29, 1.82) is 0 Å². The van der Waals surface area contributed by atoms with Gasteiger partial charge in [0.05, 0.1) is 24.1 Å². The lowest BCUT2D eigenvalue weighted by molar-refractivity contribution is -0.166. The van der Waals surface area contributed by atoms with Crippen LogP contribution in [0, 0.1) is 35.5 Å². The molecule has 0 aromatic carbocycles. The molecule has 3 N–H and O–H groups in total. The lowest BCUT2D eigenvalue weighted by atomic mass is 9.78. The van der Waals surface area contributed by atoms with Crippen LogP contribution in [0.25, 0.3) is 0 Å². The van der Waals surface area contributed by atoms with Crippen LogP contribution < -0.4 is 4.72 Å². The molecule has 0 radical (unpaired) electrons. The molecule has 15 nitrogen and oxygen atoms in total. The van der Waals surface area contributed by atoms with Crippen molar-refractivity contribution in [3.8, 4) is 0 Å². The zero-order chi connectivity index (χ0) is 51.4. The van der Waals surface area contributed by atoms with Crippen LogP contribution in [0.1, 0.15) is 139 Å². The highest BCUT2D eigenvalue weighted by Crippen LogP contribution is 2.34. The second-order valence-electron chi connectivity index (χ2n) is 20.3. The van der Waals surface area contributed by atoms with Crippen LogP contribution in [0.3, 0.4) is 0 Å². The first kappa shape index (κ1) is 59.9. The first-order valence-corrected chi connectivity index (χ1v) is 27.1. The van der Waals surface area contributed by atoms with Gasteiger partial charge >= 0.3 is 5.97 Å². The highest BCUT2D eigenvalue weighted by Gasteiger charge is 2.39. The molecule has 0 unspecified atom stereocenters. The van der Waals surface area contributed by atoms with E-state index >= 15 is 0 Å². The minimum atomic E-state index is -3.70. The lowest BCUT2D eigenvalue weighted by Gasteiger charge is -2.37. The number of carbonyl (C=O) groups excluding carboxylic acids is 5. The third-order valence-corrected chi connectivity index (χ3v) is 15.7. The number of nitrogens with one attached hydrogen (secondary N) is 1. The van der Waals surface area contributed by atoms with Gasteiger partial charge < -0.3 is 34.1 Å². The van der Waals surface area contributed by atoms with Crippen LogP contribution in [0.15, 0.2) is 47.6 Å². The molecule has 0 spiro atoms. The molecule has 392 valence electrons. The average Bonchev–Trinajstić information content (AvgIpc) is 3.32. The van der Waals surface area contributed by atoms with E-state index < -0.39 is 82.5 Å². The molecule has 0 aromatic heterocycles. The number of Topliss-reactive ketones (excluding diaryl/α,β-unsaturated/α-hetero) is 3. The van der Waals surface area contributed by atoms with E-state index in [9.17, 15) is 42.6 Å². The topological polar surface area (TPSA) is 212 Å². The molecule has 1 amide bonds. The van der Waals surface area contributed by atoms with Gasteiger partial charge in [-0.15, -0.1) is 0 Å². The summed E-state index contributed by atoms with van der Waals surface area (Å²) in [4.78, 5) is 70.9. The minimum Gasteiger partial charge on any atom is -0.461 e. The molecule has 1 saturated carbocycles. The summed E-state index contributed by atoms with van der Waals surface area (Å²) >= 11 is 0. The number of amides is 1. The number of aliphatic hydroxyl groups excluding tert-OH is 2. The fraction of sp³-hybridized carbons (Fsp3) is 0.755. The number of aliphatic hydroxyl groups is 2. The number of ketones is 3. The van der Waals surface area contributed by atoms with Crippen molar-refractivity contribution in [3.63, 3.8) is 0 Å². The van der Waals surface area contributed by atoms with E-state index in [4.69, 9.17) is 18.9 Å². The van der Waals surface area contributed by atoms with E-state index in [-0.39, 0.29) is 66.8 Å². The number of nitrogens with zero attached hydrogens (tertiary/aromatic N) is 1. The number of methoxy groups -OCH3 is 2. The molecule has 2 aliphatic heterocycles. The van der Waals surface area contributed by atoms with Gasteiger partial charge in [-0.2, -0.15) is 0 Å². The molecular weight excluding hydrogens is 905 g/mol. The van der Waals surface area contributed by atoms with Crippen molar-refractivity contribution in [2.75, 3.05) is 39.7 Å². The molecule has 3 rings (SSSR count). The Hall–Kier alpha value is -3.38. The number of sulfonamides is 1. The summed E-state index contributed by atoms with van der Waals surface area (Å²) in [5.41, 5.74) is 1.07. The van der Waals surface area contributed by atoms with Gasteiger partial charge in [0, 0.05) is 39.3 Å². The first-order chi connectivity index (χ1) is 32.6. The predicted octanol–water partition coefficient (Wildman–Crippen LogP) is 6.79. The summed E-state index contributed by atoms with van der Waals surface area (Å²) in [6.45, 7) is 14.2. The van der Waals surface area contributed by atoms with Gasteiger partial charge in [0.2, 0.25) is 15.8 Å². The number of esters is 1. The number of carbonyl (C=O) groups is 5. The maximum atomic E-state index is 14.3. The van der Waals surface area contributed by atoms with Crippen molar-refractivity contribution in [2.24, 2.45) is 35.5 Å². The first-order valence-electron chi connectivity index (χ1n) is 25.4. The number of piperidine rings is 1. The van der Waals surface area contributed by atoms with Crippen molar-refractivity contribution in [2.45, 2.75) is 181 Å². The fourth-order valence-corrected chi connectivity index (χ4v) is 10.7. The van der Waals surface area contributed by atoms with E-state index in [0.717, 1.165) is 6.42 Å². The highest BCUT2D eigenvalue weighted by molar-refractivity contribution is 7.89. The summed E-state index contributed by atoms with van der Waals surface area (Å²) < 4.78 is 52.4. The zero-order valence-electron chi connectivity index (χ0n) is 43.2. The second kappa shape index (κ2) is 29.8. The van der Waals surface area contributed by atoms with Gasteiger partial charge in [-0.05, 0) is 139 Å². The van der Waals surface area contributed by atoms with Crippen molar-refractivity contribution < 1.29 is 61.6 Å². The normalized spacial score (nSPS) is 34.3. The molecule has 1 aliphatic carbocycles. The van der Waals surface area contributed by atoms with Gasteiger partial charge in [-0.25, -0.2) is 17.9 Å². The largest absolute Gasteiger partial charge is 0.461 e. The standard InChI is InChI=1S/C53H86N2O13S/c1-11-69(63,64)54-43-31-42(23-20-36(4)32-56)67-33-46(58)52(61)55-26-16-15-19-44(55)53(62)68-47(38(6)29-41-22-24-45(57)48(30-41)65-9)25-21-35(3)28-40(8)50(60)51(66-10)49(59)39(7)27-34(2)17-13-12-14-18-37(43)5/h12-14,17-18,28,34-36,38-39,41-45,47-48,51,54,56-57H,11,15-16,19-27,29-33H2,1-10H3/b14-12+,17-13+,37-18+,40-28+/t34-,35+,36-,38-,39-,41+,42+,43-,44+,45-,47+,48-,51+/m1/s1. The van der Waals surface area contributed by atoms with Crippen LogP contribution >= 0.6 is 0 Å². The zero-order valence-corrected chi connectivity index (χ0v) is 44.0. The van der Waals surface area contributed by atoms with Crippen LogP contribution in [-0.2, 0) is 52.9 Å². The molecule has 69 heavy (non-hydrogen) atoms. The number of cyclic esters (lactones) is 1. The van der Waals surface area contributed by atoms with Crippen LogP contribution in [0.4, 0.5) is 0 Å². The molecule has 1 saturated heterocycles. The minimum absolute atomic E-state index is 0.0341. The maximum Gasteiger partial charge on any atom is 0.329 e. The average molecular weight is 991 g/mol. The third-order valence-electron chi connectivity index (χ3n) is 14.3. The molecule has 13 atom stereocenters. The van der Waals surface area contributed by atoms with E-state index in [2.05, 4.69) is 4.72 Å². The summed E-state index contributed by atoms with van der Waals surface area (Å²) in [5, 5.41) is 20.3. The Morgan fingerprint density at radius 2 is 1.62 bits per heavy atom. The van der Waals surface area contributed by atoms with Crippen LogP contribution in [0.2, 0.25) is 0 Å². The maximum absolute atomic E-state index is 14.3. The summed E-state index contributed by atoms with van der Waals surface area (Å²) in [6.07, 6.45) is 14.4. The summed E-state index contributed by atoms with van der Waals surface area (Å²) in [5.74, 6) is -3.85. The second-order valence-corrected chi connectivity index (χ2v) is 22.4. The molecule has 2 fully saturated rings. The van der Waals surface area contributed by atoms with Crippen molar-refractivity contribution in [1.82, 2.24) is 9.62 Å². The Labute approximate surface area is 413 Å². The Morgan fingerprint density at radius 3 is 2.29 bits per heavy atom. The van der Waals surface area contributed by atoms with Gasteiger partial charge in [0.1, 0.15) is 18.8 Å². The number of hydrogen-bond acceptors (Lipinski definition) is 13. The fourth-order valence-electron chi connectivity index (χ4n) is 9.81. The summed E-state index contributed by atoms with van der Waals surface area (Å²) in [7, 11) is -0.749. The van der Waals surface area contributed by atoms with Gasteiger partial charge in [-0.1, -0.05) is 76.6 Å². The third kappa shape index (κ3) is 19.6. The SMILES string of the molecule is CCS(=O)(=O)N[C@@H]1C[C@H](CC[C@@H](C)CO)OCC(=O)C(=O)N2CCCC[C@H]2C(=O)O[C@H]([C@H](C)C[C@@H]2CC[C@@H](O)[C@H](OC)C2)CC[C@H](C)/C=C(\C)C(=O)[C@@H](OC)C(=O)[C@H](C)C[C@H](C)/C=C/C=C/C=C/1C. The predicted molar refractivity (Wildman–Crippen MR) is 266 cm³/mol. The summed E-state index contributed by atoms with van der Waals surface area (Å²) in [6, 6.07) is -1.73. The van der Waals surface area contributed by atoms with Crippen molar-refractivity contribution in [3.05, 3.63) is 47.6 Å². The molecule has 2 heterocycles. The van der Waals surface area contributed by atoms with E-state index in [1.54, 1.807) is 46.1 Å². The smallest absolute Gasteiger partial charge is 0.329 e. The lowest BCUT2D eigenvalue weighted by Crippen LogP contribution is -2.52. The molecule has 16 heteroatoms. The molecule has 0 aromatic rings. The number of hydrogen-bond donors (Lipinski definition) is 3. The van der Waals surface area contributed by atoms with Gasteiger partial charge in [0.25, 0.3) is 5.91 Å². The van der Waals surface area contributed by atoms with Crippen LogP contribution in [0.5, 0.6) is 0 Å². The number of allylic oxidation sites excluding steroid dienone is 6. The number of fused-ring (bicyclic) bond motifs is 1. The Balaban J connectivity index is 2.04. The van der Waals surface area contributed by atoms with Crippen LogP contribution in [-0.4, -0.2) is 135 Å². The van der Waals surface area contributed by atoms with Crippen molar-refractivity contribution >= 4 is 39.2 Å². The van der Waals surface area contributed by atoms with E-state index in [1.807, 2.05) is 45.9 Å². The monoisotopic (exact) mass is 991 g/mol. The Kier molecular flexibility index (Phi) is 25.9. The molecular formula is C53H86N2O13S. The van der Waals surface area contributed by atoms with Gasteiger partial charge in [-0.3, -0.25) is 19.2 Å². The van der Waals surface area contributed by atoms with Gasteiger partial charge in [0.15, 0.2) is 17.7 Å².